The molecule has 0 saturated carbocycles. The van der Waals surface area contributed by atoms with Crippen LogP contribution in [0.4, 0.5) is 0 Å². The molecule has 0 aliphatic carbocycles. The fourth-order valence-electron chi connectivity index (χ4n) is 4.50. The van der Waals surface area contributed by atoms with Crippen molar-refractivity contribution in [3.63, 3.8) is 0 Å². The van der Waals surface area contributed by atoms with Crippen molar-refractivity contribution in [1.29, 1.82) is 10.5 Å². The number of benzene rings is 2. The first-order chi connectivity index (χ1) is 19.8. The number of nitrogens with zero attached hydrogens (tertiary/aromatic N) is 3. The van der Waals surface area contributed by atoms with Crippen LogP contribution >= 0.6 is 11.8 Å². The number of hydrogen-bond acceptors (Lipinski definition) is 9. The fraction of sp³-hybridized carbons (Fsp3) is 0.250. The standard InChI is InChI=1S/C32H30N4O4S/c1-5-38-32(37)29-27(18-41-31-25(15-33)20(3)19(2)21(4)36-31)40-30(35)26(16-34)28(29)23-12-9-13-24(14-23)39-17-22-10-7-6-8-11-22/h6-14,28H,5,17-18,35H2,1-4H3/t28-/m1/s1. The van der Waals surface area contributed by atoms with Crippen LogP contribution in [0.1, 0.15) is 46.4 Å². The Kier molecular flexibility index (Phi) is 9.34. The normalized spacial score (nSPS) is 14.6. The Morgan fingerprint density at radius 2 is 1.83 bits per heavy atom. The van der Waals surface area contributed by atoms with Crippen LogP contribution in [0.2, 0.25) is 0 Å². The minimum Gasteiger partial charge on any atom is -0.489 e. The van der Waals surface area contributed by atoms with Gasteiger partial charge >= 0.3 is 5.97 Å². The molecule has 8 nitrogen and oxygen atoms in total. The zero-order chi connectivity index (χ0) is 29.5. The summed E-state index contributed by atoms with van der Waals surface area (Å²) in [7, 11) is 0. The van der Waals surface area contributed by atoms with Gasteiger partial charge < -0.3 is 19.9 Å². The Hall–Kier alpha value is -4.73. The number of pyridine rings is 1. The van der Waals surface area contributed by atoms with Crippen LogP contribution in [-0.4, -0.2) is 23.3 Å². The molecule has 0 saturated heterocycles. The van der Waals surface area contributed by atoms with E-state index in [0.717, 1.165) is 22.4 Å². The number of thioether (sulfide) groups is 1. The molecule has 1 aromatic heterocycles. The highest BCUT2D eigenvalue weighted by Gasteiger charge is 2.38. The van der Waals surface area contributed by atoms with Gasteiger partial charge in [0.2, 0.25) is 5.88 Å². The first-order valence-corrected chi connectivity index (χ1v) is 14.0. The van der Waals surface area contributed by atoms with Gasteiger partial charge in [0.25, 0.3) is 0 Å². The molecular weight excluding hydrogens is 536 g/mol. The van der Waals surface area contributed by atoms with Gasteiger partial charge in [-0.1, -0.05) is 54.2 Å². The highest BCUT2D eigenvalue weighted by atomic mass is 32.2. The first kappa shape index (κ1) is 29.3. The third-order valence-electron chi connectivity index (χ3n) is 6.85. The van der Waals surface area contributed by atoms with Crippen molar-refractivity contribution >= 4 is 17.7 Å². The van der Waals surface area contributed by atoms with Gasteiger partial charge in [-0.05, 0) is 62.1 Å². The lowest BCUT2D eigenvalue weighted by Crippen LogP contribution is -2.27. The van der Waals surface area contributed by atoms with Gasteiger partial charge in [-0.15, -0.1) is 0 Å². The molecule has 41 heavy (non-hydrogen) atoms. The SMILES string of the molecule is CCOC(=O)C1=C(CSc2nc(C)c(C)c(C)c2C#N)OC(N)=C(C#N)[C@H]1c1cccc(OCc2ccccc2)c1. The molecular formula is C32H30N4O4S. The maximum atomic E-state index is 13.4. The number of ether oxygens (including phenoxy) is 3. The predicted octanol–water partition coefficient (Wildman–Crippen LogP) is 5.87. The maximum Gasteiger partial charge on any atom is 0.338 e. The predicted molar refractivity (Wildman–Crippen MR) is 155 cm³/mol. The van der Waals surface area contributed by atoms with Crippen molar-refractivity contribution < 1.29 is 19.0 Å². The minimum atomic E-state index is -0.839. The molecule has 0 fully saturated rings. The summed E-state index contributed by atoms with van der Waals surface area (Å²) in [5, 5.41) is 20.4. The minimum absolute atomic E-state index is 0.0958. The molecule has 0 spiro atoms. The molecule has 1 aliphatic heterocycles. The molecule has 1 aliphatic rings. The highest BCUT2D eigenvalue weighted by molar-refractivity contribution is 7.99. The van der Waals surface area contributed by atoms with Crippen LogP contribution in [0.25, 0.3) is 0 Å². The molecule has 3 aromatic rings. The third kappa shape index (κ3) is 6.37. The smallest absolute Gasteiger partial charge is 0.338 e. The molecule has 9 heteroatoms. The Labute approximate surface area is 244 Å². The first-order valence-electron chi connectivity index (χ1n) is 13.0. The Morgan fingerprint density at radius 3 is 2.51 bits per heavy atom. The van der Waals surface area contributed by atoms with Crippen LogP contribution in [0, 0.1) is 43.4 Å². The number of nitrogens with two attached hydrogens (primary N) is 1. The Morgan fingerprint density at radius 1 is 1.07 bits per heavy atom. The van der Waals surface area contributed by atoms with Crippen molar-refractivity contribution in [3.05, 3.63) is 111 Å². The number of hydrogen-bond donors (Lipinski definition) is 1. The monoisotopic (exact) mass is 566 g/mol. The van der Waals surface area contributed by atoms with Gasteiger partial charge in [0.05, 0.1) is 29.4 Å². The number of allylic oxidation sites excluding steroid dienone is 1. The summed E-state index contributed by atoms with van der Waals surface area (Å²) >= 11 is 1.26. The Balaban J connectivity index is 1.75. The summed E-state index contributed by atoms with van der Waals surface area (Å²) in [5.74, 6) is -0.602. The summed E-state index contributed by atoms with van der Waals surface area (Å²) in [6, 6.07) is 21.3. The molecule has 0 amide bonds. The van der Waals surface area contributed by atoms with Gasteiger partial charge in [-0.25, -0.2) is 9.78 Å². The molecule has 2 aromatic carbocycles. The van der Waals surface area contributed by atoms with Crippen LogP contribution in [-0.2, 0) is 20.9 Å². The number of carbonyl (C=O) groups is 1. The topological polar surface area (TPSA) is 131 Å². The zero-order valence-corrected chi connectivity index (χ0v) is 24.2. The lowest BCUT2D eigenvalue weighted by molar-refractivity contribution is -0.139. The summed E-state index contributed by atoms with van der Waals surface area (Å²) < 4.78 is 17.3. The number of aromatic nitrogens is 1. The second-order valence-corrected chi connectivity index (χ2v) is 10.3. The van der Waals surface area contributed by atoms with E-state index in [9.17, 15) is 15.3 Å². The van der Waals surface area contributed by atoms with Crippen LogP contribution < -0.4 is 10.5 Å². The second kappa shape index (κ2) is 13.1. The van der Waals surface area contributed by atoms with Crippen molar-refractivity contribution in [2.45, 2.75) is 45.2 Å². The summed E-state index contributed by atoms with van der Waals surface area (Å²) in [6.07, 6.45) is 0. The molecule has 208 valence electrons. The van der Waals surface area contributed by atoms with Crippen molar-refractivity contribution in [2.75, 3.05) is 12.4 Å². The number of aryl methyl sites for hydroxylation is 1. The largest absolute Gasteiger partial charge is 0.489 e. The summed E-state index contributed by atoms with van der Waals surface area (Å²) in [5.41, 5.74) is 11.2. The molecule has 2 N–H and O–H groups in total. The summed E-state index contributed by atoms with van der Waals surface area (Å²) in [6.45, 7) is 7.89. The van der Waals surface area contributed by atoms with Crippen molar-refractivity contribution in [1.82, 2.24) is 4.98 Å². The van der Waals surface area contributed by atoms with Crippen LogP contribution in [0.15, 0.2) is 82.4 Å². The average molecular weight is 567 g/mol. The van der Waals surface area contributed by atoms with Gasteiger partial charge in [0, 0.05) is 5.69 Å². The molecule has 0 bridgehead atoms. The van der Waals surface area contributed by atoms with Gasteiger partial charge in [0.15, 0.2) is 0 Å². The number of esters is 1. The van der Waals surface area contributed by atoms with E-state index in [1.807, 2.05) is 63.2 Å². The molecule has 0 radical (unpaired) electrons. The molecule has 4 rings (SSSR count). The van der Waals surface area contributed by atoms with E-state index in [4.69, 9.17) is 19.9 Å². The highest BCUT2D eigenvalue weighted by Crippen LogP contribution is 2.42. The number of nitriles is 2. The van der Waals surface area contributed by atoms with E-state index >= 15 is 0 Å². The lowest BCUT2D eigenvalue weighted by Gasteiger charge is -2.28. The van der Waals surface area contributed by atoms with E-state index in [1.54, 1.807) is 19.1 Å². The van der Waals surface area contributed by atoms with E-state index < -0.39 is 11.9 Å². The van der Waals surface area contributed by atoms with E-state index in [-0.39, 0.29) is 35.1 Å². The molecule has 1 atom stereocenters. The van der Waals surface area contributed by atoms with E-state index in [1.165, 1.54) is 11.8 Å². The third-order valence-corrected chi connectivity index (χ3v) is 7.82. The Bertz CT molecular complexity index is 1620. The van der Waals surface area contributed by atoms with Crippen molar-refractivity contribution in [2.24, 2.45) is 5.73 Å². The lowest BCUT2D eigenvalue weighted by atomic mass is 9.83. The molecule has 0 unspecified atom stereocenters. The quantitative estimate of drug-likeness (QED) is 0.249. The van der Waals surface area contributed by atoms with Gasteiger partial charge in [0.1, 0.15) is 40.9 Å². The number of rotatable bonds is 9. The zero-order valence-electron chi connectivity index (χ0n) is 23.4. The summed E-state index contributed by atoms with van der Waals surface area (Å²) in [4.78, 5) is 18.0. The second-order valence-electron chi connectivity index (χ2n) is 9.36. The van der Waals surface area contributed by atoms with Gasteiger partial charge in [-0.2, -0.15) is 10.5 Å². The van der Waals surface area contributed by atoms with Gasteiger partial charge in [-0.3, -0.25) is 0 Å². The molecule has 2 heterocycles. The maximum absolute atomic E-state index is 13.4. The van der Waals surface area contributed by atoms with Crippen LogP contribution in [0.5, 0.6) is 5.75 Å². The van der Waals surface area contributed by atoms with Crippen molar-refractivity contribution in [3.8, 4) is 17.9 Å². The fourth-order valence-corrected chi connectivity index (χ4v) is 5.52. The number of carbonyl (C=O) groups excluding carboxylic acids is 1. The van der Waals surface area contributed by atoms with E-state index in [0.29, 0.717) is 28.5 Å². The average Bonchev–Trinajstić information content (AvgIpc) is 2.98. The van der Waals surface area contributed by atoms with Crippen LogP contribution in [0.3, 0.4) is 0 Å². The van der Waals surface area contributed by atoms with E-state index in [2.05, 4.69) is 17.1 Å².